The molecule has 1 fully saturated rings. The highest BCUT2D eigenvalue weighted by Gasteiger charge is 2.30. The van der Waals surface area contributed by atoms with E-state index in [-0.39, 0.29) is 18.2 Å². The number of halogens is 1. The minimum absolute atomic E-state index is 0.0395. The van der Waals surface area contributed by atoms with Gasteiger partial charge in [0.15, 0.2) is 0 Å². The molecule has 1 aliphatic carbocycles. The van der Waals surface area contributed by atoms with Crippen molar-refractivity contribution in [1.29, 1.82) is 5.26 Å². The molecule has 1 atom stereocenters. The van der Waals surface area contributed by atoms with Crippen molar-refractivity contribution >= 4 is 17.1 Å². The number of alkyl halides is 1. The van der Waals surface area contributed by atoms with Crippen LogP contribution in [0.4, 0.5) is 10.1 Å². The average molecular weight is 495 g/mol. The third kappa shape index (κ3) is 5.64. The van der Waals surface area contributed by atoms with Crippen molar-refractivity contribution in [2.75, 3.05) is 11.9 Å². The third-order valence-corrected chi connectivity index (χ3v) is 6.67. The molecule has 0 radical (unpaired) electrons. The molecule has 0 aliphatic heterocycles. The number of nitrogens with zero attached hydrogens (tertiary/aromatic N) is 4. The molecule has 4 rings (SSSR count). The van der Waals surface area contributed by atoms with Gasteiger partial charge in [0.1, 0.15) is 12.2 Å². The highest BCUT2D eigenvalue weighted by atomic mass is 19.1. The zero-order chi connectivity index (χ0) is 26.1. The lowest BCUT2D eigenvalue weighted by molar-refractivity contribution is -0.00178. The quantitative estimate of drug-likeness (QED) is 0.396. The van der Waals surface area contributed by atoms with Gasteiger partial charge < -0.3 is 20.8 Å². The number of amides is 1. The standard InChI is InChI=1S/C26H31FN6O3/c1-25(2,35)23(27)15-30-24(34)19-14-29-21(11-20(19)32-17-6-8-26(3,36)9-7-17)22-5-4-18-10-16(12-28)13-31-33(18)22/h4-5,10-11,13-14,17,23,35-36H,6-9,15H2,1-3H3,(H,29,32)(H,30,34). The first-order chi connectivity index (χ1) is 17.0. The molecular weight excluding hydrogens is 463 g/mol. The number of hydrogen-bond donors (Lipinski definition) is 4. The fourth-order valence-corrected chi connectivity index (χ4v) is 4.28. The molecular formula is C26H31FN6O3. The Morgan fingerprint density at radius 3 is 2.72 bits per heavy atom. The van der Waals surface area contributed by atoms with E-state index in [2.05, 4.69) is 26.8 Å². The van der Waals surface area contributed by atoms with Crippen LogP contribution in [-0.4, -0.2) is 60.7 Å². The molecule has 0 spiro atoms. The molecule has 1 unspecified atom stereocenters. The average Bonchev–Trinajstić information content (AvgIpc) is 3.26. The Morgan fingerprint density at radius 2 is 2.06 bits per heavy atom. The van der Waals surface area contributed by atoms with Crippen molar-refractivity contribution in [3.8, 4) is 17.5 Å². The summed E-state index contributed by atoms with van der Waals surface area (Å²) >= 11 is 0. The van der Waals surface area contributed by atoms with Gasteiger partial charge in [0.25, 0.3) is 5.91 Å². The Morgan fingerprint density at radius 1 is 1.33 bits per heavy atom. The molecule has 36 heavy (non-hydrogen) atoms. The van der Waals surface area contributed by atoms with E-state index in [4.69, 9.17) is 5.26 Å². The van der Waals surface area contributed by atoms with Crippen molar-refractivity contribution in [3.05, 3.63) is 47.8 Å². The van der Waals surface area contributed by atoms with Crippen molar-refractivity contribution in [1.82, 2.24) is 19.9 Å². The van der Waals surface area contributed by atoms with Crippen LogP contribution < -0.4 is 10.6 Å². The molecule has 1 saturated carbocycles. The van der Waals surface area contributed by atoms with Gasteiger partial charge in [0, 0.05) is 12.2 Å². The maximum atomic E-state index is 14.2. The molecule has 9 nitrogen and oxygen atoms in total. The summed E-state index contributed by atoms with van der Waals surface area (Å²) in [5.74, 6) is -0.511. The summed E-state index contributed by atoms with van der Waals surface area (Å²) in [6.07, 6.45) is 3.99. The molecule has 3 aromatic rings. The topological polar surface area (TPSA) is 136 Å². The summed E-state index contributed by atoms with van der Waals surface area (Å²) in [4.78, 5) is 17.5. The molecule has 4 N–H and O–H groups in total. The van der Waals surface area contributed by atoms with Gasteiger partial charge in [-0.15, -0.1) is 0 Å². The van der Waals surface area contributed by atoms with Gasteiger partial charge in [-0.3, -0.25) is 9.78 Å². The lowest BCUT2D eigenvalue weighted by atomic mass is 9.83. The molecule has 1 aliphatic rings. The maximum absolute atomic E-state index is 14.2. The van der Waals surface area contributed by atoms with E-state index >= 15 is 0 Å². The fourth-order valence-electron chi connectivity index (χ4n) is 4.28. The van der Waals surface area contributed by atoms with Gasteiger partial charge in [0.2, 0.25) is 0 Å². The largest absolute Gasteiger partial charge is 0.390 e. The van der Waals surface area contributed by atoms with Crippen LogP contribution in [-0.2, 0) is 0 Å². The Hall–Kier alpha value is -3.55. The van der Waals surface area contributed by atoms with Crippen LogP contribution in [0.15, 0.2) is 36.7 Å². The second-order valence-corrected chi connectivity index (χ2v) is 10.3. The Bertz CT molecular complexity index is 1300. The molecule has 10 heteroatoms. The Balaban J connectivity index is 1.65. The first-order valence-electron chi connectivity index (χ1n) is 12.0. The highest BCUT2D eigenvalue weighted by molar-refractivity contribution is 6.00. The number of pyridine rings is 1. The number of nitrogens with one attached hydrogen (secondary N) is 2. The summed E-state index contributed by atoms with van der Waals surface area (Å²) in [6.45, 7) is 4.18. The first kappa shape index (κ1) is 25.5. The number of aliphatic hydroxyl groups is 2. The number of aromatic nitrogens is 3. The summed E-state index contributed by atoms with van der Waals surface area (Å²) in [5, 5.41) is 39.6. The van der Waals surface area contributed by atoms with Gasteiger partial charge in [-0.1, -0.05) is 0 Å². The van der Waals surface area contributed by atoms with Crippen LogP contribution in [0.5, 0.6) is 0 Å². The van der Waals surface area contributed by atoms with Crippen LogP contribution >= 0.6 is 0 Å². The fraction of sp³-hybridized carbons (Fsp3) is 0.462. The Labute approximate surface area is 209 Å². The number of carbonyl (C=O) groups is 1. The van der Waals surface area contributed by atoms with Crippen molar-refractivity contribution < 1.29 is 19.4 Å². The van der Waals surface area contributed by atoms with Gasteiger partial charge in [-0.05, 0) is 70.7 Å². The minimum atomic E-state index is -1.64. The lowest BCUT2D eigenvalue weighted by Crippen LogP contribution is -2.42. The van der Waals surface area contributed by atoms with Crippen molar-refractivity contribution in [3.63, 3.8) is 0 Å². The monoisotopic (exact) mass is 494 g/mol. The number of anilines is 1. The minimum Gasteiger partial charge on any atom is -0.390 e. The predicted octanol–water partition coefficient (Wildman–Crippen LogP) is 3.21. The van der Waals surface area contributed by atoms with E-state index in [1.165, 1.54) is 26.2 Å². The SMILES string of the molecule is CC1(O)CCC(Nc2cc(-c3ccc4cc(C#N)cnn34)ncc2C(=O)NCC(F)C(C)(C)O)CC1. The molecule has 1 amide bonds. The molecule has 0 aromatic carbocycles. The van der Waals surface area contributed by atoms with Gasteiger partial charge >= 0.3 is 0 Å². The van der Waals surface area contributed by atoms with E-state index in [1.54, 1.807) is 16.6 Å². The maximum Gasteiger partial charge on any atom is 0.255 e. The van der Waals surface area contributed by atoms with E-state index in [0.717, 1.165) is 18.4 Å². The first-order valence-corrected chi connectivity index (χ1v) is 12.0. The summed E-state index contributed by atoms with van der Waals surface area (Å²) in [5.41, 5.74) is 0.927. The summed E-state index contributed by atoms with van der Waals surface area (Å²) in [7, 11) is 0. The molecule has 0 saturated heterocycles. The predicted molar refractivity (Wildman–Crippen MR) is 133 cm³/mol. The number of nitriles is 1. The molecule has 3 heterocycles. The summed E-state index contributed by atoms with van der Waals surface area (Å²) in [6, 6.07) is 9.26. The van der Waals surface area contributed by atoms with Crippen LogP contribution in [0.2, 0.25) is 0 Å². The number of fused-ring (bicyclic) bond motifs is 1. The molecule has 0 bridgehead atoms. The molecule has 3 aromatic heterocycles. The zero-order valence-electron chi connectivity index (χ0n) is 20.6. The lowest BCUT2D eigenvalue weighted by Gasteiger charge is -2.34. The molecule has 190 valence electrons. The van der Waals surface area contributed by atoms with E-state index < -0.39 is 23.3 Å². The number of carbonyl (C=O) groups excluding carboxylic acids is 1. The number of hydrogen-bond acceptors (Lipinski definition) is 7. The third-order valence-electron chi connectivity index (χ3n) is 6.67. The Kier molecular flexibility index (Phi) is 6.98. The van der Waals surface area contributed by atoms with Crippen LogP contribution in [0.25, 0.3) is 16.9 Å². The second kappa shape index (κ2) is 9.84. The van der Waals surface area contributed by atoms with Gasteiger partial charge in [-0.25, -0.2) is 8.91 Å². The van der Waals surface area contributed by atoms with Crippen molar-refractivity contribution in [2.45, 2.75) is 69.9 Å². The van der Waals surface area contributed by atoms with Gasteiger partial charge in [-0.2, -0.15) is 10.4 Å². The van der Waals surface area contributed by atoms with Gasteiger partial charge in [0.05, 0.1) is 57.7 Å². The smallest absolute Gasteiger partial charge is 0.255 e. The van der Waals surface area contributed by atoms with E-state index in [0.29, 0.717) is 35.5 Å². The summed E-state index contributed by atoms with van der Waals surface area (Å²) < 4.78 is 15.9. The zero-order valence-corrected chi connectivity index (χ0v) is 20.6. The van der Waals surface area contributed by atoms with Crippen LogP contribution in [0, 0.1) is 11.3 Å². The van der Waals surface area contributed by atoms with Crippen LogP contribution in [0.3, 0.4) is 0 Å². The number of rotatable bonds is 7. The second-order valence-electron chi connectivity index (χ2n) is 10.3. The van der Waals surface area contributed by atoms with E-state index in [9.17, 15) is 19.4 Å². The highest BCUT2D eigenvalue weighted by Crippen LogP contribution is 2.32. The normalized spacial score (nSPS) is 21.1. The van der Waals surface area contributed by atoms with Crippen molar-refractivity contribution in [2.24, 2.45) is 0 Å². The van der Waals surface area contributed by atoms with Crippen LogP contribution in [0.1, 0.15) is 62.4 Å². The van der Waals surface area contributed by atoms with E-state index in [1.807, 2.05) is 19.1 Å².